The van der Waals surface area contributed by atoms with Gasteiger partial charge in [0.25, 0.3) is 0 Å². The van der Waals surface area contributed by atoms with E-state index >= 15 is 0 Å². The third-order valence-corrected chi connectivity index (χ3v) is 1.63. The molecule has 0 aromatic heterocycles. The van der Waals surface area contributed by atoms with Crippen molar-refractivity contribution in [1.29, 1.82) is 5.26 Å². The first-order valence-electron chi connectivity index (χ1n) is 3.74. The molecule has 0 rings (SSSR count). The third-order valence-electron chi connectivity index (χ3n) is 1.63. The van der Waals surface area contributed by atoms with Crippen LogP contribution in [0, 0.1) is 17.2 Å². The van der Waals surface area contributed by atoms with Crippen molar-refractivity contribution < 1.29 is 4.79 Å². The standard InChI is InChI=1S/C8H14N2O/c1-6(2)7(3)10-8(11)4-5-9/h6-7H,4H2,1-3H3,(H,10,11). The average Bonchev–Trinajstić information content (AvgIpc) is 1.87. The lowest BCUT2D eigenvalue weighted by molar-refractivity contribution is -0.121. The van der Waals surface area contributed by atoms with Crippen LogP contribution in [0.4, 0.5) is 0 Å². The maximum atomic E-state index is 10.8. The van der Waals surface area contributed by atoms with Gasteiger partial charge in [-0.2, -0.15) is 5.26 Å². The fraction of sp³-hybridized carbons (Fsp3) is 0.750. The van der Waals surface area contributed by atoms with Gasteiger partial charge in [0.1, 0.15) is 6.42 Å². The lowest BCUT2D eigenvalue weighted by atomic mass is 10.1. The van der Waals surface area contributed by atoms with Crippen molar-refractivity contribution in [2.45, 2.75) is 33.2 Å². The van der Waals surface area contributed by atoms with E-state index in [0.29, 0.717) is 5.92 Å². The van der Waals surface area contributed by atoms with Gasteiger partial charge in [-0.3, -0.25) is 4.79 Å². The van der Waals surface area contributed by atoms with Crippen molar-refractivity contribution >= 4 is 5.91 Å². The molecule has 1 N–H and O–H groups in total. The second-order valence-electron chi connectivity index (χ2n) is 2.94. The molecule has 0 aliphatic rings. The topological polar surface area (TPSA) is 52.9 Å². The Labute approximate surface area is 67.4 Å². The minimum absolute atomic E-state index is 0.0446. The summed E-state index contributed by atoms with van der Waals surface area (Å²) in [4.78, 5) is 10.8. The first-order chi connectivity index (χ1) is 5.07. The number of nitriles is 1. The number of rotatable bonds is 3. The first-order valence-corrected chi connectivity index (χ1v) is 3.74. The predicted octanol–water partition coefficient (Wildman–Crippen LogP) is 1.06. The minimum Gasteiger partial charge on any atom is -0.353 e. The van der Waals surface area contributed by atoms with Gasteiger partial charge in [-0.15, -0.1) is 0 Å². The Morgan fingerprint density at radius 3 is 2.45 bits per heavy atom. The van der Waals surface area contributed by atoms with E-state index in [0.717, 1.165) is 0 Å². The third kappa shape index (κ3) is 4.38. The van der Waals surface area contributed by atoms with Gasteiger partial charge >= 0.3 is 0 Å². The van der Waals surface area contributed by atoms with Crippen LogP contribution in [0.25, 0.3) is 0 Å². The maximum Gasteiger partial charge on any atom is 0.234 e. The second-order valence-corrected chi connectivity index (χ2v) is 2.94. The molecule has 0 bridgehead atoms. The second kappa shape index (κ2) is 4.73. The molecule has 1 amide bonds. The summed E-state index contributed by atoms with van der Waals surface area (Å²) in [5.41, 5.74) is 0. The highest BCUT2D eigenvalue weighted by Gasteiger charge is 2.09. The van der Waals surface area contributed by atoms with Crippen molar-refractivity contribution in [2.75, 3.05) is 0 Å². The quantitative estimate of drug-likeness (QED) is 0.660. The Balaban J connectivity index is 3.68. The van der Waals surface area contributed by atoms with Gasteiger partial charge in [-0.05, 0) is 12.8 Å². The number of nitrogens with one attached hydrogen (secondary N) is 1. The molecule has 3 heteroatoms. The van der Waals surface area contributed by atoms with Gasteiger partial charge in [0.15, 0.2) is 0 Å². The number of carbonyl (C=O) groups excluding carboxylic acids is 1. The highest BCUT2D eigenvalue weighted by Crippen LogP contribution is 1.99. The molecule has 1 unspecified atom stereocenters. The Morgan fingerprint density at radius 2 is 2.09 bits per heavy atom. The molecule has 0 spiro atoms. The van der Waals surface area contributed by atoms with Gasteiger partial charge in [0.2, 0.25) is 5.91 Å². The van der Waals surface area contributed by atoms with Crippen LogP contribution in [0.5, 0.6) is 0 Å². The molecule has 11 heavy (non-hydrogen) atoms. The Morgan fingerprint density at radius 1 is 1.55 bits per heavy atom. The largest absolute Gasteiger partial charge is 0.353 e. The molecule has 0 aromatic carbocycles. The fourth-order valence-corrected chi connectivity index (χ4v) is 0.543. The normalized spacial score (nSPS) is 12.3. The lowest BCUT2D eigenvalue weighted by Crippen LogP contribution is -2.35. The van der Waals surface area contributed by atoms with Gasteiger partial charge in [0.05, 0.1) is 6.07 Å². The van der Waals surface area contributed by atoms with E-state index in [1.54, 1.807) is 6.07 Å². The summed E-state index contributed by atoms with van der Waals surface area (Å²) in [6, 6.07) is 1.95. The van der Waals surface area contributed by atoms with Crippen LogP contribution in [-0.2, 0) is 4.79 Å². The van der Waals surface area contributed by atoms with E-state index < -0.39 is 0 Å². The summed E-state index contributed by atoms with van der Waals surface area (Å²) >= 11 is 0. The zero-order chi connectivity index (χ0) is 8.85. The van der Waals surface area contributed by atoms with Crippen LogP contribution in [0.3, 0.4) is 0 Å². The fourth-order valence-electron chi connectivity index (χ4n) is 0.543. The van der Waals surface area contributed by atoms with E-state index in [1.165, 1.54) is 0 Å². The molecule has 0 heterocycles. The molecule has 0 aliphatic heterocycles. The summed E-state index contributed by atoms with van der Waals surface area (Å²) in [7, 11) is 0. The van der Waals surface area contributed by atoms with Gasteiger partial charge < -0.3 is 5.32 Å². The number of nitrogens with zero attached hydrogens (tertiary/aromatic N) is 1. The molecule has 0 aromatic rings. The molecule has 3 nitrogen and oxygen atoms in total. The summed E-state index contributed by atoms with van der Waals surface area (Å²) in [6.07, 6.45) is -0.0446. The molecular weight excluding hydrogens is 140 g/mol. The van der Waals surface area contributed by atoms with E-state index in [4.69, 9.17) is 5.26 Å². The number of hydrogen-bond acceptors (Lipinski definition) is 2. The molecule has 0 saturated heterocycles. The molecule has 0 fully saturated rings. The molecule has 0 saturated carbocycles. The summed E-state index contributed by atoms with van der Waals surface area (Å²) < 4.78 is 0. The summed E-state index contributed by atoms with van der Waals surface area (Å²) in [5.74, 6) is 0.228. The molecule has 0 radical (unpaired) electrons. The van der Waals surface area contributed by atoms with E-state index in [1.807, 2.05) is 20.8 Å². The number of carbonyl (C=O) groups is 1. The Hall–Kier alpha value is -1.04. The van der Waals surface area contributed by atoms with Crippen LogP contribution < -0.4 is 5.32 Å². The average molecular weight is 154 g/mol. The van der Waals surface area contributed by atoms with Gasteiger partial charge in [-0.1, -0.05) is 13.8 Å². The molecule has 0 aliphatic carbocycles. The smallest absolute Gasteiger partial charge is 0.234 e. The van der Waals surface area contributed by atoms with Crippen molar-refractivity contribution in [1.82, 2.24) is 5.32 Å². The van der Waals surface area contributed by atoms with E-state index in [9.17, 15) is 4.79 Å². The molecular formula is C8H14N2O. The zero-order valence-corrected chi connectivity index (χ0v) is 7.22. The number of hydrogen-bond donors (Lipinski definition) is 1. The highest BCUT2D eigenvalue weighted by molar-refractivity contribution is 5.78. The summed E-state index contributed by atoms with van der Waals surface area (Å²) in [5, 5.41) is 10.9. The number of amides is 1. The monoisotopic (exact) mass is 154 g/mol. The van der Waals surface area contributed by atoms with Crippen LogP contribution >= 0.6 is 0 Å². The molecule has 62 valence electrons. The van der Waals surface area contributed by atoms with E-state index in [-0.39, 0.29) is 18.4 Å². The zero-order valence-electron chi connectivity index (χ0n) is 7.22. The van der Waals surface area contributed by atoms with Gasteiger partial charge in [-0.25, -0.2) is 0 Å². The maximum absolute atomic E-state index is 10.8. The van der Waals surface area contributed by atoms with Crippen LogP contribution in [0.1, 0.15) is 27.2 Å². The first kappa shape index (κ1) is 9.96. The summed E-state index contributed by atoms with van der Waals surface area (Å²) in [6.45, 7) is 5.98. The van der Waals surface area contributed by atoms with Crippen LogP contribution in [0.15, 0.2) is 0 Å². The highest BCUT2D eigenvalue weighted by atomic mass is 16.1. The van der Waals surface area contributed by atoms with Crippen molar-refractivity contribution in [3.63, 3.8) is 0 Å². The predicted molar refractivity (Wildman–Crippen MR) is 42.7 cm³/mol. The Bertz CT molecular complexity index is 169. The van der Waals surface area contributed by atoms with Crippen LogP contribution in [0.2, 0.25) is 0 Å². The lowest BCUT2D eigenvalue weighted by Gasteiger charge is -2.15. The molecule has 1 atom stereocenters. The van der Waals surface area contributed by atoms with Crippen molar-refractivity contribution in [2.24, 2.45) is 5.92 Å². The van der Waals surface area contributed by atoms with Gasteiger partial charge in [0, 0.05) is 6.04 Å². The van der Waals surface area contributed by atoms with Crippen molar-refractivity contribution in [3.05, 3.63) is 0 Å². The van der Waals surface area contributed by atoms with Crippen molar-refractivity contribution in [3.8, 4) is 6.07 Å². The minimum atomic E-state index is -0.186. The van der Waals surface area contributed by atoms with E-state index in [2.05, 4.69) is 5.32 Å². The Kier molecular flexibility index (Phi) is 4.28. The van der Waals surface area contributed by atoms with Crippen LogP contribution in [-0.4, -0.2) is 11.9 Å². The SMILES string of the molecule is CC(C)C(C)NC(=O)CC#N.